The number of hydrogen-bond acceptors (Lipinski definition) is 9. The van der Waals surface area contributed by atoms with Crippen LogP contribution in [0.3, 0.4) is 0 Å². The highest BCUT2D eigenvalue weighted by atomic mass is 19.1. The number of halogens is 1. The van der Waals surface area contributed by atoms with Gasteiger partial charge in [0.1, 0.15) is 23.2 Å². The van der Waals surface area contributed by atoms with Gasteiger partial charge in [-0.15, -0.1) is 0 Å². The molecule has 0 aliphatic heterocycles. The SMILES string of the molecule is CNCCCN=C/C(=C\N)c1cnc(Nc2cc(N)nc(C(C)F)n2)cc1OC1CC1. The van der Waals surface area contributed by atoms with Crippen molar-refractivity contribution in [1.82, 2.24) is 20.3 Å². The van der Waals surface area contributed by atoms with Gasteiger partial charge < -0.3 is 26.8 Å². The van der Waals surface area contributed by atoms with Gasteiger partial charge in [-0.1, -0.05) is 0 Å². The second-order valence-corrected chi connectivity index (χ2v) is 7.27. The number of nitrogen functional groups attached to an aromatic ring is 1. The second kappa shape index (κ2) is 10.7. The Morgan fingerprint density at radius 2 is 2.16 bits per heavy atom. The minimum absolute atomic E-state index is 0.0106. The Morgan fingerprint density at radius 3 is 2.84 bits per heavy atom. The van der Waals surface area contributed by atoms with Gasteiger partial charge in [0.05, 0.1) is 6.10 Å². The van der Waals surface area contributed by atoms with Gasteiger partial charge in [0.15, 0.2) is 12.0 Å². The van der Waals surface area contributed by atoms with E-state index in [0.29, 0.717) is 23.9 Å². The number of aromatic nitrogens is 3. The molecule has 31 heavy (non-hydrogen) atoms. The summed E-state index contributed by atoms with van der Waals surface area (Å²) in [5.41, 5.74) is 13.1. The van der Waals surface area contributed by atoms with E-state index < -0.39 is 6.17 Å². The van der Waals surface area contributed by atoms with Crippen molar-refractivity contribution in [3.63, 3.8) is 0 Å². The number of ether oxygens (including phenoxy) is 1. The van der Waals surface area contributed by atoms with Crippen molar-refractivity contribution in [3.05, 3.63) is 35.9 Å². The summed E-state index contributed by atoms with van der Waals surface area (Å²) in [6, 6.07) is 3.29. The first-order chi connectivity index (χ1) is 15.0. The molecule has 1 aliphatic rings. The maximum atomic E-state index is 13.6. The summed E-state index contributed by atoms with van der Waals surface area (Å²) in [6.45, 7) is 2.94. The van der Waals surface area contributed by atoms with Crippen molar-refractivity contribution in [1.29, 1.82) is 0 Å². The van der Waals surface area contributed by atoms with Crippen LogP contribution in [0, 0.1) is 0 Å². The fraction of sp³-hybridized carbons (Fsp3) is 0.429. The van der Waals surface area contributed by atoms with E-state index in [-0.39, 0.29) is 17.7 Å². The molecule has 2 aromatic rings. The molecule has 0 radical (unpaired) electrons. The number of aliphatic imine (C=N–C) groups is 1. The maximum absolute atomic E-state index is 13.6. The molecule has 166 valence electrons. The highest BCUT2D eigenvalue weighted by molar-refractivity contribution is 6.10. The molecule has 0 saturated heterocycles. The van der Waals surface area contributed by atoms with E-state index >= 15 is 0 Å². The topological polar surface area (TPSA) is 136 Å². The van der Waals surface area contributed by atoms with Crippen LogP contribution in [0.4, 0.5) is 21.8 Å². The van der Waals surface area contributed by atoms with Gasteiger partial charge in [0.25, 0.3) is 0 Å². The lowest BCUT2D eigenvalue weighted by atomic mass is 10.1. The molecule has 9 nitrogen and oxygen atoms in total. The molecule has 2 aromatic heterocycles. The predicted octanol–water partition coefficient (Wildman–Crippen LogP) is 2.75. The highest BCUT2D eigenvalue weighted by Gasteiger charge is 2.25. The Morgan fingerprint density at radius 1 is 1.35 bits per heavy atom. The van der Waals surface area contributed by atoms with E-state index in [4.69, 9.17) is 16.2 Å². The first-order valence-corrected chi connectivity index (χ1v) is 10.3. The molecular formula is C21H29FN8O. The van der Waals surface area contributed by atoms with Gasteiger partial charge in [-0.05, 0) is 39.8 Å². The zero-order valence-corrected chi connectivity index (χ0v) is 17.8. The fourth-order valence-electron chi connectivity index (χ4n) is 2.76. The molecule has 0 aromatic carbocycles. The molecule has 1 atom stereocenters. The zero-order valence-electron chi connectivity index (χ0n) is 17.8. The van der Waals surface area contributed by atoms with Crippen molar-refractivity contribution < 1.29 is 9.13 Å². The molecule has 0 bridgehead atoms. The fourth-order valence-corrected chi connectivity index (χ4v) is 2.76. The third-order valence-corrected chi connectivity index (χ3v) is 4.49. The highest BCUT2D eigenvalue weighted by Crippen LogP contribution is 2.33. The van der Waals surface area contributed by atoms with Crippen LogP contribution in [-0.4, -0.2) is 47.4 Å². The maximum Gasteiger partial charge on any atom is 0.166 e. The Balaban J connectivity index is 1.83. The average molecular weight is 429 g/mol. The standard InChI is InChI=1S/C21H29FN8O/c1-13(22)21-28-18(24)9-20(30-21)29-19-8-17(31-15-4-5-15)16(12-27-19)14(10-23)11-26-7-3-6-25-2/h8-13,15,25H,3-7,23H2,1-2H3,(H3,24,27,28,29,30)/b14-10+,26-11?. The summed E-state index contributed by atoms with van der Waals surface area (Å²) in [5, 5.41) is 6.13. The van der Waals surface area contributed by atoms with Gasteiger partial charge >= 0.3 is 0 Å². The number of rotatable bonds is 11. The van der Waals surface area contributed by atoms with E-state index in [1.807, 2.05) is 7.05 Å². The molecule has 0 amide bonds. The van der Waals surface area contributed by atoms with Crippen LogP contribution >= 0.6 is 0 Å². The number of nitrogens with one attached hydrogen (secondary N) is 2. The third-order valence-electron chi connectivity index (χ3n) is 4.49. The molecule has 1 saturated carbocycles. The van der Waals surface area contributed by atoms with Crippen LogP contribution < -0.4 is 26.8 Å². The monoisotopic (exact) mass is 428 g/mol. The average Bonchev–Trinajstić information content (AvgIpc) is 3.55. The lowest BCUT2D eigenvalue weighted by Crippen LogP contribution is -2.08. The largest absolute Gasteiger partial charge is 0.490 e. The minimum Gasteiger partial charge on any atom is -0.490 e. The molecule has 1 fully saturated rings. The number of nitrogens with zero attached hydrogens (tertiary/aromatic N) is 4. The lowest BCUT2D eigenvalue weighted by molar-refractivity contribution is 0.302. The number of anilines is 3. The molecule has 0 spiro atoms. The van der Waals surface area contributed by atoms with E-state index in [0.717, 1.165) is 36.9 Å². The normalized spacial score (nSPS) is 15.3. The summed E-state index contributed by atoms with van der Waals surface area (Å²) >= 11 is 0. The van der Waals surface area contributed by atoms with E-state index in [9.17, 15) is 4.39 Å². The molecule has 1 aliphatic carbocycles. The number of hydrogen-bond donors (Lipinski definition) is 4. The van der Waals surface area contributed by atoms with E-state index in [1.165, 1.54) is 19.2 Å². The van der Waals surface area contributed by atoms with Crippen molar-refractivity contribution in [2.75, 3.05) is 31.2 Å². The summed E-state index contributed by atoms with van der Waals surface area (Å²) in [7, 11) is 1.91. The van der Waals surface area contributed by atoms with Crippen LogP contribution in [0.1, 0.15) is 43.7 Å². The van der Waals surface area contributed by atoms with Crippen molar-refractivity contribution >= 4 is 29.2 Å². The van der Waals surface area contributed by atoms with Crippen LogP contribution in [0.5, 0.6) is 5.75 Å². The Hall–Kier alpha value is -3.27. The van der Waals surface area contributed by atoms with E-state index in [2.05, 4.69) is 30.6 Å². The number of nitrogens with two attached hydrogens (primary N) is 2. The van der Waals surface area contributed by atoms with Gasteiger partial charge in [0, 0.05) is 48.4 Å². The minimum atomic E-state index is -1.34. The summed E-state index contributed by atoms with van der Waals surface area (Å²) in [4.78, 5) is 16.9. The molecule has 10 heteroatoms. The zero-order chi connectivity index (χ0) is 22.2. The second-order valence-electron chi connectivity index (χ2n) is 7.27. The summed E-state index contributed by atoms with van der Waals surface area (Å²) in [5.74, 6) is 1.66. The van der Waals surface area contributed by atoms with Gasteiger partial charge in [-0.3, -0.25) is 4.99 Å². The first kappa shape index (κ1) is 22.4. The van der Waals surface area contributed by atoms with Crippen LogP contribution in [0.15, 0.2) is 29.5 Å². The smallest absolute Gasteiger partial charge is 0.166 e. The molecular weight excluding hydrogens is 399 g/mol. The lowest BCUT2D eigenvalue weighted by Gasteiger charge is -2.14. The molecule has 1 unspecified atom stereocenters. The number of alkyl halides is 1. The summed E-state index contributed by atoms with van der Waals surface area (Å²) in [6.07, 6.45) is 6.67. The van der Waals surface area contributed by atoms with Crippen molar-refractivity contribution in [2.45, 2.75) is 38.5 Å². The van der Waals surface area contributed by atoms with Crippen LogP contribution in [0.2, 0.25) is 0 Å². The number of pyridine rings is 1. The molecule has 2 heterocycles. The van der Waals surface area contributed by atoms with Crippen molar-refractivity contribution in [3.8, 4) is 5.75 Å². The molecule has 3 rings (SSSR count). The van der Waals surface area contributed by atoms with Gasteiger partial charge in [-0.25, -0.2) is 19.3 Å². The number of allylic oxidation sites excluding steroid dienone is 1. The Labute approximate surface area is 181 Å². The summed E-state index contributed by atoms with van der Waals surface area (Å²) < 4.78 is 19.7. The first-order valence-electron chi connectivity index (χ1n) is 10.3. The van der Waals surface area contributed by atoms with Crippen molar-refractivity contribution in [2.24, 2.45) is 10.7 Å². The third kappa shape index (κ3) is 6.61. The van der Waals surface area contributed by atoms with Crippen LogP contribution in [0.25, 0.3) is 5.57 Å². The predicted molar refractivity (Wildman–Crippen MR) is 121 cm³/mol. The van der Waals surface area contributed by atoms with Gasteiger partial charge in [-0.2, -0.15) is 0 Å². The quantitative estimate of drug-likeness (QED) is 0.317. The van der Waals surface area contributed by atoms with Gasteiger partial charge in [0.2, 0.25) is 0 Å². The Bertz CT molecular complexity index is 943. The van der Waals surface area contributed by atoms with Crippen LogP contribution in [-0.2, 0) is 0 Å². The van der Waals surface area contributed by atoms with E-state index in [1.54, 1.807) is 18.5 Å². The Kier molecular flexibility index (Phi) is 7.71. The molecule has 6 N–H and O–H groups in total.